The van der Waals surface area contributed by atoms with Gasteiger partial charge in [-0.2, -0.15) is 0 Å². The number of carbonyl (C=O) groups excluding carboxylic acids is 1. The summed E-state index contributed by atoms with van der Waals surface area (Å²) in [5.74, 6) is -0.0944. The van der Waals surface area contributed by atoms with Gasteiger partial charge in [0, 0.05) is 44.6 Å². The van der Waals surface area contributed by atoms with Gasteiger partial charge in [-0.15, -0.1) is 0 Å². The number of nitrogens with zero attached hydrogens (tertiary/aromatic N) is 3. The number of hydrogen-bond acceptors (Lipinski definition) is 5. The van der Waals surface area contributed by atoms with Gasteiger partial charge in [0.1, 0.15) is 0 Å². The summed E-state index contributed by atoms with van der Waals surface area (Å²) in [4.78, 5) is 21.2. The van der Waals surface area contributed by atoms with Crippen LogP contribution in [0.1, 0.15) is 27.5 Å². The summed E-state index contributed by atoms with van der Waals surface area (Å²) in [6.45, 7) is 1.77. The van der Waals surface area contributed by atoms with Gasteiger partial charge in [0.25, 0.3) is 5.91 Å². The molecule has 2 heterocycles. The average molecular weight is 465 g/mol. The van der Waals surface area contributed by atoms with Crippen molar-refractivity contribution in [3.63, 3.8) is 0 Å². The number of aromatic nitrogens is 1. The van der Waals surface area contributed by atoms with Gasteiger partial charge in [0.2, 0.25) is 10.0 Å². The van der Waals surface area contributed by atoms with Crippen LogP contribution >= 0.6 is 0 Å². The molecular formula is C25H28N4O3S. The van der Waals surface area contributed by atoms with Crippen LogP contribution in [0.4, 0.5) is 0 Å². The molecule has 1 aromatic heterocycles. The normalized spacial score (nSPS) is 17.3. The Hall–Kier alpha value is -3.07. The number of rotatable bonds is 7. The number of pyridine rings is 1. The van der Waals surface area contributed by atoms with Crippen molar-refractivity contribution in [3.05, 3.63) is 102 Å². The minimum atomic E-state index is -3.38. The van der Waals surface area contributed by atoms with Gasteiger partial charge in [0.15, 0.2) is 0 Å². The molecule has 1 amide bonds. The number of hydrogen-bond donors (Lipinski definition) is 1. The first kappa shape index (κ1) is 23.1. The molecule has 172 valence electrons. The maximum atomic E-state index is 13.1. The van der Waals surface area contributed by atoms with E-state index in [2.05, 4.69) is 38.9 Å². The predicted molar refractivity (Wildman–Crippen MR) is 128 cm³/mol. The molecule has 2 aromatic carbocycles. The lowest BCUT2D eigenvalue weighted by Gasteiger charge is -2.45. The van der Waals surface area contributed by atoms with E-state index in [0.29, 0.717) is 25.2 Å². The third kappa shape index (κ3) is 5.84. The molecule has 8 heteroatoms. The van der Waals surface area contributed by atoms with E-state index in [4.69, 9.17) is 0 Å². The SMILES string of the molecule is CS(=O)(=O)NCC1CN(C(=O)c2cccnc2)CCN1C(c1ccccc1)c1ccccc1. The van der Waals surface area contributed by atoms with E-state index in [1.807, 2.05) is 36.4 Å². The number of nitrogens with one attached hydrogen (secondary N) is 1. The van der Waals surface area contributed by atoms with Crippen molar-refractivity contribution < 1.29 is 13.2 Å². The Labute approximate surface area is 195 Å². The van der Waals surface area contributed by atoms with Crippen LogP contribution in [0.25, 0.3) is 0 Å². The highest BCUT2D eigenvalue weighted by Crippen LogP contribution is 2.32. The van der Waals surface area contributed by atoms with Crippen LogP contribution < -0.4 is 4.72 Å². The summed E-state index contributed by atoms with van der Waals surface area (Å²) < 4.78 is 26.5. The lowest BCUT2D eigenvalue weighted by Crippen LogP contribution is -2.59. The van der Waals surface area contributed by atoms with Crippen LogP contribution in [-0.2, 0) is 10.0 Å². The number of carbonyl (C=O) groups is 1. The van der Waals surface area contributed by atoms with Crippen molar-refractivity contribution >= 4 is 15.9 Å². The summed E-state index contributed by atoms with van der Waals surface area (Å²) in [5, 5.41) is 0. The van der Waals surface area contributed by atoms with Gasteiger partial charge in [-0.05, 0) is 23.3 Å². The molecule has 33 heavy (non-hydrogen) atoms. The van der Waals surface area contributed by atoms with Crippen LogP contribution in [0.5, 0.6) is 0 Å². The summed E-state index contributed by atoms with van der Waals surface area (Å²) >= 11 is 0. The van der Waals surface area contributed by atoms with Crippen molar-refractivity contribution in [2.24, 2.45) is 0 Å². The quantitative estimate of drug-likeness (QED) is 0.581. The molecular weight excluding hydrogens is 436 g/mol. The first-order valence-corrected chi connectivity index (χ1v) is 12.8. The molecule has 1 atom stereocenters. The molecule has 0 aliphatic carbocycles. The lowest BCUT2D eigenvalue weighted by molar-refractivity contribution is 0.0397. The smallest absolute Gasteiger partial charge is 0.255 e. The number of sulfonamides is 1. The Bertz CT molecular complexity index is 1120. The molecule has 1 saturated heterocycles. The van der Waals surface area contributed by atoms with E-state index >= 15 is 0 Å². The second kappa shape index (κ2) is 10.2. The monoisotopic (exact) mass is 464 g/mol. The molecule has 7 nitrogen and oxygen atoms in total. The first-order chi connectivity index (χ1) is 15.9. The molecule has 4 rings (SSSR count). The van der Waals surface area contributed by atoms with Gasteiger partial charge in [0.05, 0.1) is 17.9 Å². The minimum absolute atomic E-state index is 0.0607. The van der Waals surface area contributed by atoms with Gasteiger partial charge in [-0.1, -0.05) is 60.7 Å². The summed E-state index contributed by atoms with van der Waals surface area (Å²) in [6, 6.07) is 23.6. The van der Waals surface area contributed by atoms with Crippen LogP contribution in [0.15, 0.2) is 85.2 Å². The maximum absolute atomic E-state index is 13.1. The van der Waals surface area contributed by atoms with Gasteiger partial charge in [-0.3, -0.25) is 14.7 Å². The van der Waals surface area contributed by atoms with Crippen molar-refractivity contribution in [1.29, 1.82) is 0 Å². The molecule has 0 bridgehead atoms. The fourth-order valence-corrected chi connectivity index (χ4v) is 4.84. The molecule has 1 aliphatic heterocycles. The number of amides is 1. The Morgan fingerprint density at radius 3 is 2.18 bits per heavy atom. The molecule has 1 unspecified atom stereocenters. The van der Waals surface area contributed by atoms with Crippen LogP contribution in [0.2, 0.25) is 0 Å². The van der Waals surface area contributed by atoms with E-state index in [1.165, 1.54) is 0 Å². The van der Waals surface area contributed by atoms with E-state index in [-0.39, 0.29) is 24.5 Å². The van der Waals surface area contributed by atoms with E-state index < -0.39 is 10.0 Å². The highest BCUT2D eigenvalue weighted by atomic mass is 32.2. The highest BCUT2D eigenvalue weighted by Gasteiger charge is 2.35. The Balaban J connectivity index is 1.66. The zero-order valence-corrected chi connectivity index (χ0v) is 19.4. The van der Waals surface area contributed by atoms with Gasteiger partial charge >= 0.3 is 0 Å². The second-order valence-electron chi connectivity index (χ2n) is 8.23. The zero-order chi connectivity index (χ0) is 23.3. The predicted octanol–water partition coefficient (Wildman–Crippen LogP) is 2.55. The van der Waals surface area contributed by atoms with Crippen molar-refractivity contribution in [1.82, 2.24) is 19.5 Å². The molecule has 0 radical (unpaired) electrons. The van der Waals surface area contributed by atoms with Crippen molar-refractivity contribution in [2.45, 2.75) is 12.1 Å². The molecule has 1 N–H and O–H groups in total. The molecule has 1 fully saturated rings. The van der Waals surface area contributed by atoms with Crippen LogP contribution in [0, 0.1) is 0 Å². The fraction of sp³-hybridized carbons (Fsp3) is 0.280. The Morgan fingerprint density at radius 1 is 1.00 bits per heavy atom. The van der Waals surface area contributed by atoms with Gasteiger partial charge in [-0.25, -0.2) is 13.1 Å². The number of piperazine rings is 1. The third-order valence-corrected chi connectivity index (χ3v) is 6.56. The Kier molecular flexibility index (Phi) is 7.17. The second-order valence-corrected chi connectivity index (χ2v) is 10.1. The summed E-state index contributed by atoms with van der Waals surface area (Å²) in [5.41, 5.74) is 2.78. The fourth-order valence-electron chi connectivity index (χ4n) is 4.34. The number of benzene rings is 2. The van der Waals surface area contributed by atoms with Crippen LogP contribution in [0.3, 0.4) is 0 Å². The van der Waals surface area contributed by atoms with Gasteiger partial charge < -0.3 is 4.90 Å². The summed E-state index contributed by atoms with van der Waals surface area (Å²) in [6.07, 6.45) is 4.36. The molecule has 0 saturated carbocycles. The molecule has 3 aromatic rings. The first-order valence-electron chi connectivity index (χ1n) is 10.9. The highest BCUT2D eigenvalue weighted by molar-refractivity contribution is 7.88. The average Bonchev–Trinajstić information content (AvgIpc) is 2.84. The lowest BCUT2D eigenvalue weighted by atomic mass is 9.94. The van der Waals surface area contributed by atoms with E-state index in [0.717, 1.165) is 17.4 Å². The van der Waals surface area contributed by atoms with Crippen molar-refractivity contribution in [2.75, 3.05) is 32.4 Å². The topological polar surface area (TPSA) is 82.6 Å². The third-order valence-electron chi connectivity index (χ3n) is 5.87. The van der Waals surface area contributed by atoms with E-state index in [1.54, 1.807) is 29.4 Å². The van der Waals surface area contributed by atoms with E-state index in [9.17, 15) is 13.2 Å². The Morgan fingerprint density at radius 2 is 1.64 bits per heavy atom. The van der Waals surface area contributed by atoms with Crippen LogP contribution in [-0.4, -0.2) is 67.6 Å². The largest absolute Gasteiger partial charge is 0.336 e. The maximum Gasteiger partial charge on any atom is 0.255 e. The summed E-state index contributed by atoms with van der Waals surface area (Å²) in [7, 11) is -3.38. The zero-order valence-electron chi connectivity index (χ0n) is 18.5. The minimum Gasteiger partial charge on any atom is -0.336 e. The standard InChI is InChI=1S/C25H28N4O3S/c1-33(31,32)27-18-23-19-28(25(30)22-13-8-14-26-17-22)15-16-29(23)24(20-9-4-2-5-10-20)21-11-6-3-7-12-21/h2-14,17,23-24,27H,15-16,18-19H2,1H3. The molecule has 0 spiro atoms. The molecule has 1 aliphatic rings. The van der Waals surface area contributed by atoms with Crippen molar-refractivity contribution in [3.8, 4) is 0 Å².